The van der Waals surface area contributed by atoms with Gasteiger partial charge in [0.15, 0.2) is 5.60 Å². The number of rotatable bonds is 1. The first-order chi connectivity index (χ1) is 7.80. The summed E-state index contributed by atoms with van der Waals surface area (Å²) in [7, 11) is 0. The lowest BCUT2D eigenvalue weighted by atomic mass is 9.96. The molecule has 0 amide bonds. The Morgan fingerprint density at radius 2 is 1.75 bits per heavy atom. The van der Waals surface area contributed by atoms with E-state index in [4.69, 9.17) is 4.74 Å². The van der Waals surface area contributed by atoms with Crippen LogP contribution in [0.1, 0.15) is 44.9 Å². The van der Waals surface area contributed by atoms with Crippen molar-refractivity contribution in [3.63, 3.8) is 0 Å². The minimum atomic E-state index is -0.228. The van der Waals surface area contributed by atoms with Gasteiger partial charge < -0.3 is 9.64 Å². The average Bonchev–Trinajstić information content (AvgIpc) is 2.89. The van der Waals surface area contributed by atoms with Crippen LogP contribution in [0, 0.1) is 0 Å². The van der Waals surface area contributed by atoms with E-state index < -0.39 is 0 Å². The predicted octanol–water partition coefficient (Wildman–Crippen LogP) is 2.23. The molecule has 0 unspecified atom stereocenters. The molecule has 2 aliphatic heterocycles. The molecule has 16 heavy (non-hydrogen) atoms. The van der Waals surface area contributed by atoms with Crippen LogP contribution in [-0.4, -0.2) is 29.6 Å². The summed E-state index contributed by atoms with van der Waals surface area (Å²) in [5.41, 5.74) is 0.962. The minimum absolute atomic E-state index is 0.123. The highest BCUT2D eigenvalue weighted by molar-refractivity contribution is 5.86. The van der Waals surface area contributed by atoms with Gasteiger partial charge in [-0.15, -0.1) is 0 Å². The molecule has 0 N–H and O–H groups in total. The highest BCUT2D eigenvalue weighted by atomic mass is 16.6. The summed E-state index contributed by atoms with van der Waals surface area (Å²) in [5.74, 6) is -0.123. The Hall–Kier alpha value is -0.990. The standard InChI is InChI=1S/C13H19NO2/c15-12-10-11(14-8-4-1-5-9-14)13(16-12)6-2-3-7-13/h10H,1-9H2. The molecule has 2 fully saturated rings. The Kier molecular flexibility index (Phi) is 2.41. The maximum absolute atomic E-state index is 11.5. The Morgan fingerprint density at radius 1 is 1.06 bits per heavy atom. The van der Waals surface area contributed by atoms with E-state index in [1.165, 1.54) is 37.8 Å². The van der Waals surface area contributed by atoms with Gasteiger partial charge in [0.1, 0.15) is 0 Å². The van der Waals surface area contributed by atoms with E-state index in [-0.39, 0.29) is 11.6 Å². The highest BCUT2D eigenvalue weighted by Gasteiger charge is 2.47. The summed E-state index contributed by atoms with van der Waals surface area (Å²) in [6, 6.07) is 0. The number of likely N-dealkylation sites (tertiary alicyclic amines) is 1. The van der Waals surface area contributed by atoms with Crippen molar-refractivity contribution in [1.82, 2.24) is 4.90 Å². The van der Waals surface area contributed by atoms with Crippen molar-refractivity contribution in [3.8, 4) is 0 Å². The molecule has 2 heterocycles. The Bertz CT molecular complexity index is 323. The van der Waals surface area contributed by atoms with Crippen LogP contribution in [0.4, 0.5) is 0 Å². The average molecular weight is 221 g/mol. The number of nitrogens with zero attached hydrogens (tertiary/aromatic N) is 1. The van der Waals surface area contributed by atoms with Gasteiger partial charge in [-0.1, -0.05) is 0 Å². The Morgan fingerprint density at radius 3 is 2.44 bits per heavy atom. The SMILES string of the molecule is O=C1C=C(N2CCCCC2)C2(CCCC2)O1. The fourth-order valence-electron chi connectivity index (χ4n) is 3.34. The number of carbonyl (C=O) groups is 1. The second-order valence-electron chi connectivity index (χ2n) is 5.20. The monoisotopic (exact) mass is 221 g/mol. The van der Waals surface area contributed by atoms with Gasteiger partial charge in [0.25, 0.3) is 0 Å². The largest absolute Gasteiger partial charge is 0.449 e. The number of piperidine rings is 1. The summed E-state index contributed by atoms with van der Waals surface area (Å²) >= 11 is 0. The molecule has 3 nitrogen and oxygen atoms in total. The molecule has 1 aliphatic carbocycles. The predicted molar refractivity (Wildman–Crippen MR) is 60.8 cm³/mol. The van der Waals surface area contributed by atoms with E-state index in [0.29, 0.717) is 0 Å². The molecule has 0 aromatic rings. The van der Waals surface area contributed by atoms with Crippen molar-refractivity contribution in [1.29, 1.82) is 0 Å². The molecule has 0 bridgehead atoms. The maximum Gasteiger partial charge on any atom is 0.333 e. The zero-order chi connectivity index (χ0) is 11.0. The van der Waals surface area contributed by atoms with Gasteiger partial charge in [-0.2, -0.15) is 0 Å². The summed E-state index contributed by atoms with van der Waals surface area (Å²) in [5, 5.41) is 0. The third-order valence-electron chi connectivity index (χ3n) is 4.13. The summed E-state index contributed by atoms with van der Waals surface area (Å²) < 4.78 is 5.60. The lowest BCUT2D eigenvalue weighted by Crippen LogP contribution is -2.40. The molecule has 88 valence electrons. The van der Waals surface area contributed by atoms with E-state index in [1.807, 2.05) is 0 Å². The molecule has 0 atom stereocenters. The molecule has 1 saturated carbocycles. The number of esters is 1. The van der Waals surface area contributed by atoms with Crippen LogP contribution in [0.5, 0.6) is 0 Å². The number of ether oxygens (including phenoxy) is 1. The second kappa shape index (κ2) is 3.79. The molecule has 1 spiro atoms. The highest BCUT2D eigenvalue weighted by Crippen LogP contribution is 2.44. The third kappa shape index (κ3) is 1.53. The number of carbonyl (C=O) groups excluding carboxylic acids is 1. The topological polar surface area (TPSA) is 29.5 Å². The van der Waals surface area contributed by atoms with Crippen LogP contribution in [0.2, 0.25) is 0 Å². The molecule has 3 aliphatic rings. The molecular formula is C13H19NO2. The van der Waals surface area contributed by atoms with Crippen molar-refractivity contribution >= 4 is 5.97 Å². The molecule has 0 aromatic carbocycles. The van der Waals surface area contributed by atoms with Crippen LogP contribution >= 0.6 is 0 Å². The van der Waals surface area contributed by atoms with Gasteiger partial charge in [0.2, 0.25) is 0 Å². The third-order valence-corrected chi connectivity index (χ3v) is 4.13. The van der Waals surface area contributed by atoms with Crippen LogP contribution in [-0.2, 0) is 9.53 Å². The second-order valence-corrected chi connectivity index (χ2v) is 5.20. The van der Waals surface area contributed by atoms with Gasteiger partial charge in [0, 0.05) is 19.2 Å². The number of hydrogen-bond acceptors (Lipinski definition) is 3. The van der Waals surface area contributed by atoms with Crippen LogP contribution in [0.25, 0.3) is 0 Å². The minimum Gasteiger partial charge on any atom is -0.449 e. The summed E-state index contributed by atoms with van der Waals surface area (Å²) in [6.07, 6.45) is 10.0. The fraction of sp³-hybridized carbons (Fsp3) is 0.769. The smallest absolute Gasteiger partial charge is 0.333 e. The molecule has 3 rings (SSSR count). The van der Waals surface area contributed by atoms with Crippen molar-refractivity contribution in [2.45, 2.75) is 50.5 Å². The molecule has 1 saturated heterocycles. The van der Waals surface area contributed by atoms with E-state index in [1.54, 1.807) is 6.08 Å². The fourth-order valence-corrected chi connectivity index (χ4v) is 3.34. The lowest BCUT2D eigenvalue weighted by Gasteiger charge is -2.37. The molecule has 0 aromatic heterocycles. The summed E-state index contributed by atoms with van der Waals surface area (Å²) in [6.45, 7) is 2.20. The van der Waals surface area contributed by atoms with Gasteiger partial charge in [-0.05, 0) is 44.9 Å². The molecule has 0 radical (unpaired) electrons. The van der Waals surface area contributed by atoms with Crippen LogP contribution in [0.15, 0.2) is 11.8 Å². The summed E-state index contributed by atoms with van der Waals surface area (Å²) in [4.78, 5) is 13.9. The lowest BCUT2D eigenvalue weighted by molar-refractivity contribution is -0.146. The van der Waals surface area contributed by atoms with Gasteiger partial charge in [-0.3, -0.25) is 0 Å². The zero-order valence-corrected chi connectivity index (χ0v) is 9.71. The van der Waals surface area contributed by atoms with Crippen molar-refractivity contribution in [2.24, 2.45) is 0 Å². The first kappa shape index (κ1) is 10.2. The van der Waals surface area contributed by atoms with Crippen LogP contribution in [0.3, 0.4) is 0 Å². The number of hydrogen-bond donors (Lipinski definition) is 0. The normalized spacial score (nSPS) is 28.4. The Balaban J connectivity index is 1.85. The van der Waals surface area contributed by atoms with E-state index in [2.05, 4.69) is 4.90 Å². The molecular weight excluding hydrogens is 202 g/mol. The van der Waals surface area contributed by atoms with Gasteiger partial charge >= 0.3 is 5.97 Å². The van der Waals surface area contributed by atoms with Gasteiger partial charge in [-0.25, -0.2) is 4.79 Å². The first-order valence-electron chi connectivity index (χ1n) is 6.50. The van der Waals surface area contributed by atoms with Crippen LogP contribution < -0.4 is 0 Å². The van der Waals surface area contributed by atoms with Crippen molar-refractivity contribution in [3.05, 3.63) is 11.8 Å². The van der Waals surface area contributed by atoms with E-state index in [0.717, 1.165) is 25.9 Å². The maximum atomic E-state index is 11.5. The van der Waals surface area contributed by atoms with Crippen molar-refractivity contribution < 1.29 is 9.53 Å². The Labute approximate surface area is 96.4 Å². The van der Waals surface area contributed by atoms with E-state index >= 15 is 0 Å². The van der Waals surface area contributed by atoms with E-state index in [9.17, 15) is 4.79 Å². The molecule has 3 heteroatoms. The quantitative estimate of drug-likeness (QED) is 0.636. The first-order valence-corrected chi connectivity index (χ1v) is 6.50. The van der Waals surface area contributed by atoms with Gasteiger partial charge in [0.05, 0.1) is 5.70 Å². The van der Waals surface area contributed by atoms with Crippen molar-refractivity contribution in [2.75, 3.05) is 13.1 Å². The zero-order valence-electron chi connectivity index (χ0n) is 9.71.